The highest BCUT2D eigenvalue weighted by Crippen LogP contribution is 2.37. The van der Waals surface area contributed by atoms with Crippen molar-refractivity contribution in [2.75, 3.05) is 11.4 Å². The van der Waals surface area contributed by atoms with Crippen LogP contribution >= 0.6 is 11.3 Å². The summed E-state index contributed by atoms with van der Waals surface area (Å²) in [7, 11) is 0. The summed E-state index contributed by atoms with van der Waals surface area (Å²) in [6, 6.07) is 1.70. The summed E-state index contributed by atoms with van der Waals surface area (Å²) in [4.78, 5) is 19.7. The average Bonchev–Trinajstić information content (AvgIpc) is 3.31. The highest BCUT2D eigenvalue weighted by Gasteiger charge is 2.32. The summed E-state index contributed by atoms with van der Waals surface area (Å²) in [6.45, 7) is 8.17. The standard InChI is InChI=1S/C17H23N7OS/c1-4-12-8-14(25)24-16(19-12)26-17(21-24)23-7-5-6-13(23)15-20-18-10-22(15)9-11(2)3/h8,10-11,13H,4-7,9H2,1-3H3. The molecule has 1 aliphatic heterocycles. The fourth-order valence-electron chi connectivity index (χ4n) is 3.46. The molecule has 0 amide bonds. The van der Waals surface area contributed by atoms with Crippen LogP contribution < -0.4 is 10.5 Å². The number of anilines is 1. The fraction of sp³-hybridized carbons (Fsp3) is 0.588. The molecule has 0 aliphatic carbocycles. The van der Waals surface area contributed by atoms with Crippen molar-refractivity contribution in [3.05, 3.63) is 34.3 Å². The van der Waals surface area contributed by atoms with Gasteiger partial charge in [-0.1, -0.05) is 32.1 Å². The molecule has 4 heterocycles. The van der Waals surface area contributed by atoms with Crippen molar-refractivity contribution in [2.45, 2.75) is 52.6 Å². The van der Waals surface area contributed by atoms with Gasteiger partial charge in [0.25, 0.3) is 5.56 Å². The van der Waals surface area contributed by atoms with Crippen LogP contribution in [0.1, 0.15) is 51.2 Å². The quantitative estimate of drug-likeness (QED) is 0.683. The number of hydrogen-bond donors (Lipinski definition) is 0. The minimum Gasteiger partial charge on any atom is -0.336 e. The zero-order chi connectivity index (χ0) is 18.3. The Hall–Kier alpha value is -2.29. The van der Waals surface area contributed by atoms with E-state index < -0.39 is 0 Å². The lowest BCUT2D eigenvalue weighted by Gasteiger charge is -2.23. The van der Waals surface area contributed by atoms with Crippen LogP contribution in [0.15, 0.2) is 17.2 Å². The second-order valence-corrected chi connectivity index (χ2v) is 8.04. The lowest BCUT2D eigenvalue weighted by atomic mass is 10.2. The molecule has 0 N–H and O–H groups in total. The molecule has 1 unspecified atom stereocenters. The summed E-state index contributed by atoms with van der Waals surface area (Å²) in [5.74, 6) is 1.50. The Morgan fingerprint density at radius 3 is 3.00 bits per heavy atom. The Bertz CT molecular complexity index is 973. The van der Waals surface area contributed by atoms with Gasteiger partial charge in [-0.2, -0.15) is 4.52 Å². The van der Waals surface area contributed by atoms with E-state index in [9.17, 15) is 4.79 Å². The van der Waals surface area contributed by atoms with Crippen LogP contribution in [-0.4, -0.2) is 35.9 Å². The molecule has 26 heavy (non-hydrogen) atoms. The first-order valence-corrected chi connectivity index (χ1v) is 9.92. The Morgan fingerprint density at radius 1 is 1.38 bits per heavy atom. The third-order valence-electron chi connectivity index (χ3n) is 4.65. The summed E-state index contributed by atoms with van der Waals surface area (Å²) >= 11 is 1.47. The molecule has 0 radical (unpaired) electrons. The summed E-state index contributed by atoms with van der Waals surface area (Å²) in [5, 5.41) is 13.9. The monoisotopic (exact) mass is 373 g/mol. The number of aryl methyl sites for hydroxylation is 1. The molecule has 1 saturated heterocycles. The van der Waals surface area contributed by atoms with E-state index in [1.807, 2.05) is 13.3 Å². The van der Waals surface area contributed by atoms with Gasteiger partial charge in [-0.25, -0.2) is 4.98 Å². The number of hydrogen-bond acceptors (Lipinski definition) is 7. The van der Waals surface area contributed by atoms with Crippen molar-refractivity contribution in [3.63, 3.8) is 0 Å². The normalized spacial score (nSPS) is 17.7. The number of aromatic nitrogens is 6. The largest absolute Gasteiger partial charge is 0.336 e. The second kappa shape index (κ2) is 6.79. The summed E-state index contributed by atoms with van der Waals surface area (Å²) < 4.78 is 3.55. The van der Waals surface area contributed by atoms with Gasteiger partial charge in [0, 0.05) is 24.8 Å². The molecular formula is C17H23N7OS. The minimum atomic E-state index is -0.118. The van der Waals surface area contributed by atoms with Gasteiger partial charge in [-0.05, 0) is 25.2 Å². The Balaban J connectivity index is 1.71. The second-order valence-electron chi connectivity index (χ2n) is 7.11. The fourth-order valence-corrected chi connectivity index (χ4v) is 4.47. The van der Waals surface area contributed by atoms with Crippen LogP contribution in [0.5, 0.6) is 0 Å². The maximum atomic E-state index is 12.3. The van der Waals surface area contributed by atoms with E-state index in [4.69, 9.17) is 0 Å². The lowest BCUT2D eigenvalue weighted by molar-refractivity contribution is 0.487. The molecule has 4 rings (SSSR count). The molecule has 3 aromatic rings. The van der Waals surface area contributed by atoms with Gasteiger partial charge in [0.2, 0.25) is 10.1 Å². The van der Waals surface area contributed by atoms with Gasteiger partial charge in [0.05, 0.1) is 6.04 Å². The van der Waals surface area contributed by atoms with Crippen LogP contribution in [-0.2, 0) is 13.0 Å². The topological polar surface area (TPSA) is 81.2 Å². The first kappa shape index (κ1) is 17.1. The number of nitrogens with zero attached hydrogens (tertiary/aromatic N) is 7. The maximum absolute atomic E-state index is 12.3. The molecule has 1 aliphatic rings. The van der Waals surface area contributed by atoms with E-state index in [2.05, 4.69) is 43.6 Å². The predicted octanol–water partition coefficient (Wildman–Crippen LogP) is 2.30. The summed E-state index contributed by atoms with van der Waals surface area (Å²) in [5.41, 5.74) is 0.688. The molecule has 8 nitrogen and oxygen atoms in total. The van der Waals surface area contributed by atoms with Gasteiger partial charge >= 0.3 is 0 Å². The molecule has 1 fully saturated rings. The SMILES string of the molecule is CCc1cc(=O)n2nc(N3CCCC3c3nncn3CC(C)C)sc2n1. The van der Waals surface area contributed by atoms with E-state index in [1.54, 1.807) is 6.07 Å². The van der Waals surface area contributed by atoms with Crippen molar-refractivity contribution < 1.29 is 0 Å². The molecule has 0 saturated carbocycles. The van der Waals surface area contributed by atoms with Crippen LogP contribution in [0.2, 0.25) is 0 Å². The van der Waals surface area contributed by atoms with Gasteiger partial charge in [-0.15, -0.1) is 15.3 Å². The van der Waals surface area contributed by atoms with Crippen molar-refractivity contribution in [1.29, 1.82) is 0 Å². The smallest absolute Gasteiger partial charge is 0.275 e. The van der Waals surface area contributed by atoms with E-state index in [-0.39, 0.29) is 11.6 Å². The van der Waals surface area contributed by atoms with Crippen LogP contribution in [0.3, 0.4) is 0 Å². The van der Waals surface area contributed by atoms with Gasteiger partial charge in [0.15, 0.2) is 5.82 Å². The van der Waals surface area contributed by atoms with Gasteiger partial charge < -0.3 is 9.47 Å². The predicted molar refractivity (Wildman–Crippen MR) is 101 cm³/mol. The molecule has 0 aromatic carbocycles. The molecule has 1 atom stereocenters. The third kappa shape index (κ3) is 3.00. The Morgan fingerprint density at radius 2 is 2.23 bits per heavy atom. The first-order valence-electron chi connectivity index (χ1n) is 9.11. The van der Waals surface area contributed by atoms with Crippen LogP contribution in [0.25, 0.3) is 4.96 Å². The molecule has 0 spiro atoms. The first-order chi connectivity index (χ1) is 12.6. The Kier molecular flexibility index (Phi) is 4.47. The molecule has 138 valence electrons. The van der Waals surface area contributed by atoms with E-state index in [0.29, 0.717) is 10.9 Å². The van der Waals surface area contributed by atoms with Crippen molar-refractivity contribution in [3.8, 4) is 0 Å². The average molecular weight is 373 g/mol. The molecule has 9 heteroatoms. The Labute approximate surface area is 155 Å². The van der Waals surface area contributed by atoms with Crippen molar-refractivity contribution in [2.24, 2.45) is 5.92 Å². The number of rotatable bonds is 5. The molecule has 0 bridgehead atoms. The van der Waals surface area contributed by atoms with E-state index in [1.165, 1.54) is 15.9 Å². The van der Waals surface area contributed by atoms with Crippen molar-refractivity contribution >= 4 is 21.4 Å². The van der Waals surface area contributed by atoms with Crippen LogP contribution in [0.4, 0.5) is 5.13 Å². The number of fused-ring (bicyclic) bond motifs is 1. The zero-order valence-electron chi connectivity index (χ0n) is 15.3. The molecule has 3 aromatic heterocycles. The highest BCUT2D eigenvalue weighted by atomic mass is 32.1. The zero-order valence-corrected chi connectivity index (χ0v) is 16.1. The van der Waals surface area contributed by atoms with E-state index >= 15 is 0 Å². The highest BCUT2D eigenvalue weighted by molar-refractivity contribution is 7.20. The third-order valence-corrected chi connectivity index (χ3v) is 5.60. The molecular weight excluding hydrogens is 350 g/mol. The van der Waals surface area contributed by atoms with Gasteiger partial charge in [0.1, 0.15) is 6.33 Å². The van der Waals surface area contributed by atoms with Crippen LogP contribution in [0, 0.1) is 5.92 Å². The summed E-state index contributed by atoms with van der Waals surface area (Å²) in [6.07, 6.45) is 4.63. The minimum absolute atomic E-state index is 0.118. The van der Waals surface area contributed by atoms with Crippen molar-refractivity contribution in [1.82, 2.24) is 29.4 Å². The maximum Gasteiger partial charge on any atom is 0.275 e. The lowest BCUT2D eigenvalue weighted by Crippen LogP contribution is -2.26. The van der Waals surface area contributed by atoms with Gasteiger partial charge in [-0.3, -0.25) is 4.79 Å². The van der Waals surface area contributed by atoms with E-state index in [0.717, 1.165) is 49.0 Å².